The zero-order chi connectivity index (χ0) is 15.4. The quantitative estimate of drug-likeness (QED) is 0.698. The van der Waals surface area contributed by atoms with E-state index in [-0.39, 0.29) is 12.5 Å². The first kappa shape index (κ1) is 15.3. The monoisotopic (exact) mass is 297 g/mol. The van der Waals surface area contributed by atoms with Crippen LogP contribution in [0, 0.1) is 5.92 Å². The van der Waals surface area contributed by atoms with Gasteiger partial charge in [-0.1, -0.05) is 0 Å². The van der Waals surface area contributed by atoms with Gasteiger partial charge in [-0.3, -0.25) is 19.3 Å². The van der Waals surface area contributed by atoms with Gasteiger partial charge in [0.1, 0.15) is 0 Å². The lowest BCUT2D eigenvalue weighted by molar-refractivity contribution is -0.156. The predicted octanol–water partition coefficient (Wildman–Crippen LogP) is -0.660. The molecule has 8 heteroatoms. The summed E-state index contributed by atoms with van der Waals surface area (Å²) in [7, 11) is 0. The van der Waals surface area contributed by atoms with E-state index in [2.05, 4.69) is 5.32 Å². The number of hydrogen-bond donors (Lipinski definition) is 1. The summed E-state index contributed by atoms with van der Waals surface area (Å²) in [6.07, 6.45) is 1.38. The Labute approximate surface area is 122 Å². The number of likely N-dealkylation sites (tertiary alicyclic amines) is 1. The number of carbonyl (C=O) groups excluding carboxylic acids is 4. The zero-order valence-electron chi connectivity index (χ0n) is 12.0. The van der Waals surface area contributed by atoms with Gasteiger partial charge in [-0.2, -0.15) is 0 Å². The highest BCUT2D eigenvalue weighted by molar-refractivity contribution is 5.97. The Morgan fingerprint density at radius 2 is 2.10 bits per heavy atom. The van der Waals surface area contributed by atoms with Crippen LogP contribution in [-0.2, 0) is 19.1 Å². The number of nitrogens with zero attached hydrogens (tertiary/aromatic N) is 2. The van der Waals surface area contributed by atoms with Crippen LogP contribution in [0.15, 0.2) is 0 Å². The molecule has 0 aliphatic carbocycles. The van der Waals surface area contributed by atoms with Crippen molar-refractivity contribution in [3.8, 4) is 0 Å². The number of hydrogen-bond acceptors (Lipinski definition) is 5. The summed E-state index contributed by atoms with van der Waals surface area (Å²) in [6, 6.07) is -0.462. The van der Waals surface area contributed by atoms with Gasteiger partial charge in [0.15, 0.2) is 6.61 Å². The molecule has 1 atom stereocenters. The molecular weight excluding hydrogens is 278 g/mol. The molecule has 2 saturated heterocycles. The maximum atomic E-state index is 11.9. The van der Waals surface area contributed by atoms with Gasteiger partial charge in [-0.15, -0.1) is 0 Å². The van der Waals surface area contributed by atoms with Gasteiger partial charge in [-0.05, 0) is 12.8 Å². The number of rotatable bonds is 3. The van der Waals surface area contributed by atoms with Crippen LogP contribution < -0.4 is 5.32 Å². The topological polar surface area (TPSA) is 96.0 Å². The van der Waals surface area contributed by atoms with Crippen LogP contribution >= 0.6 is 0 Å². The fourth-order valence-electron chi connectivity index (χ4n) is 2.49. The first-order valence-electron chi connectivity index (χ1n) is 6.99. The first-order chi connectivity index (χ1) is 9.99. The van der Waals surface area contributed by atoms with E-state index in [1.807, 2.05) is 0 Å². The maximum absolute atomic E-state index is 11.9. The van der Waals surface area contributed by atoms with Crippen LogP contribution in [0.4, 0.5) is 4.79 Å². The summed E-state index contributed by atoms with van der Waals surface area (Å²) >= 11 is 0. The summed E-state index contributed by atoms with van der Waals surface area (Å²) in [5.41, 5.74) is 0. The lowest BCUT2D eigenvalue weighted by Gasteiger charge is -2.30. The van der Waals surface area contributed by atoms with Crippen molar-refractivity contribution < 1.29 is 23.9 Å². The minimum atomic E-state index is -0.530. The molecule has 0 saturated carbocycles. The fourth-order valence-corrected chi connectivity index (χ4v) is 2.49. The Balaban J connectivity index is 1.80. The number of urea groups is 1. The van der Waals surface area contributed by atoms with E-state index in [0.29, 0.717) is 26.1 Å². The Morgan fingerprint density at radius 1 is 1.33 bits per heavy atom. The minimum Gasteiger partial charge on any atom is -0.455 e. The van der Waals surface area contributed by atoms with E-state index in [0.717, 1.165) is 11.3 Å². The van der Waals surface area contributed by atoms with Crippen molar-refractivity contribution in [1.82, 2.24) is 15.1 Å². The molecule has 1 N–H and O–H groups in total. The Bertz CT molecular complexity index is 465. The number of nitrogens with one attached hydrogen (secondary N) is 1. The average Bonchev–Trinajstić information content (AvgIpc) is 2.90. The normalized spacial score (nSPS) is 22.0. The van der Waals surface area contributed by atoms with E-state index < -0.39 is 30.4 Å². The number of carbonyl (C=O) groups is 4. The smallest absolute Gasteiger partial charge is 0.324 e. The van der Waals surface area contributed by atoms with E-state index >= 15 is 0 Å². The SMILES string of the molecule is CC(=O)N1CCC[C@H](C(=O)OCC(=O)N2CCNC2=O)C1. The Kier molecular flexibility index (Phi) is 4.77. The van der Waals surface area contributed by atoms with E-state index in [9.17, 15) is 19.2 Å². The van der Waals surface area contributed by atoms with Gasteiger partial charge < -0.3 is 15.0 Å². The van der Waals surface area contributed by atoms with Gasteiger partial charge in [0, 0.05) is 33.1 Å². The molecule has 2 aliphatic heterocycles. The number of amides is 4. The van der Waals surface area contributed by atoms with Crippen LogP contribution in [0.25, 0.3) is 0 Å². The van der Waals surface area contributed by atoms with Crippen molar-refractivity contribution in [2.75, 3.05) is 32.8 Å². The molecule has 0 aromatic heterocycles. The van der Waals surface area contributed by atoms with Crippen molar-refractivity contribution in [3.05, 3.63) is 0 Å². The molecule has 0 radical (unpaired) electrons. The molecule has 8 nitrogen and oxygen atoms in total. The Hall–Kier alpha value is -2.12. The van der Waals surface area contributed by atoms with Crippen LogP contribution in [0.1, 0.15) is 19.8 Å². The molecule has 0 spiro atoms. The third kappa shape index (κ3) is 3.71. The van der Waals surface area contributed by atoms with Crippen LogP contribution in [0.3, 0.4) is 0 Å². The lowest BCUT2D eigenvalue weighted by atomic mass is 9.98. The predicted molar refractivity (Wildman–Crippen MR) is 71.0 cm³/mol. The van der Waals surface area contributed by atoms with Crippen LogP contribution in [-0.4, -0.2) is 66.4 Å². The molecule has 2 fully saturated rings. The molecule has 4 amide bonds. The minimum absolute atomic E-state index is 0.0719. The summed E-state index contributed by atoms with van der Waals surface area (Å²) in [5, 5.41) is 2.50. The second-order valence-electron chi connectivity index (χ2n) is 5.19. The van der Waals surface area contributed by atoms with Crippen molar-refractivity contribution in [2.24, 2.45) is 5.92 Å². The molecule has 2 aliphatic rings. The van der Waals surface area contributed by atoms with Crippen molar-refractivity contribution in [1.29, 1.82) is 0 Å². The Morgan fingerprint density at radius 3 is 2.71 bits per heavy atom. The fraction of sp³-hybridized carbons (Fsp3) is 0.692. The number of ether oxygens (including phenoxy) is 1. The molecule has 116 valence electrons. The lowest BCUT2D eigenvalue weighted by Crippen LogP contribution is -2.43. The van der Waals surface area contributed by atoms with Crippen molar-refractivity contribution in [2.45, 2.75) is 19.8 Å². The van der Waals surface area contributed by atoms with Gasteiger partial charge in [0.25, 0.3) is 5.91 Å². The summed E-state index contributed by atoms with van der Waals surface area (Å²) in [4.78, 5) is 48.9. The van der Waals surface area contributed by atoms with Gasteiger partial charge in [-0.25, -0.2) is 4.79 Å². The molecule has 0 aromatic rings. The largest absolute Gasteiger partial charge is 0.455 e. The van der Waals surface area contributed by atoms with Crippen molar-refractivity contribution >= 4 is 23.8 Å². The molecule has 2 heterocycles. The highest BCUT2D eigenvalue weighted by Crippen LogP contribution is 2.18. The standard InChI is InChI=1S/C13H19N3O5/c1-9(17)15-5-2-3-10(7-15)12(19)21-8-11(18)16-6-4-14-13(16)20/h10H,2-8H2,1H3,(H,14,20)/t10-/m0/s1. The summed E-state index contributed by atoms with van der Waals surface area (Å²) in [5.74, 6) is -1.49. The summed E-state index contributed by atoms with van der Waals surface area (Å²) in [6.45, 7) is 2.69. The highest BCUT2D eigenvalue weighted by Gasteiger charge is 2.30. The molecular formula is C13H19N3O5. The van der Waals surface area contributed by atoms with Gasteiger partial charge in [0.2, 0.25) is 5.91 Å². The third-order valence-corrected chi connectivity index (χ3v) is 3.70. The van der Waals surface area contributed by atoms with E-state index in [1.54, 1.807) is 4.90 Å². The number of piperidine rings is 1. The molecule has 0 aromatic carbocycles. The zero-order valence-corrected chi connectivity index (χ0v) is 12.0. The van der Waals surface area contributed by atoms with E-state index in [4.69, 9.17) is 4.74 Å². The summed E-state index contributed by atoms with van der Waals surface area (Å²) < 4.78 is 4.98. The van der Waals surface area contributed by atoms with Gasteiger partial charge in [0.05, 0.1) is 5.92 Å². The molecule has 0 bridgehead atoms. The molecule has 21 heavy (non-hydrogen) atoms. The first-order valence-corrected chi connectivity index (χ1v) is 6.99. The highest BCUT2D eigenvalue weighted by atomic mass is 16.5. The van der Waals surface area contributed by atoms with Gasteiger partial charge >= 0.3 is 12.0 Å². The second-order valence-corrected chi connectivity index (χ2v) is 5.19. The third-order valence-electron chi connectivity index (χ3n) is 3.70. The van der Waals surface area contributed by atoms with Crippen LogP contribution in [0.2, 0.25) is 0 Å². The maximum Gasteiger partial charge on any atom is 0.324 e. The number of esters is 1. The van der Waals surface area contributed by atoms with Crippen molar-refractivity contribution in [3.63, 3.8) is 0 Å². The molecule has 0 unspecified atom stereocenters. The average molecular weight is 297 g/mol. The van der Waals surface area contributed by atoms with Crippen LogP contribution in [0.5, 0.6) is 0 Å². The molecule has 2 rings (SSSR count). The van der Waals surface area contributed by atoms with E-state index in [1.165, 1.54) is 6.92 Å². The number of imide groups is 1. The second kappa shape index (κ2) is 6.55.